The molecule has 0 spiro atoms. The Bertz CT molecular complexity index is 380. The van der Waals surface area contributed by atoms with Crippen LogP contribution in [0, 0.1) is 0 Å². The number of aromatic nitrogens is 2. The summed E-state index contributed by atoms with van der Waals surface area (Å²) in [7, 11) is 0. The van der Waals surface area contributed by atoms with Crippen molar-refractivity contribution in [1.29, 1.82) is 0 Å². The lowest BCUT2D eigenvalue weighted by atomic mass is 10.2. The molecule has 0 saturated carbocycles. The molecule has 0 aliphatic carbocycles. The molecule has 2 rings (SSSR count). The smallest absolute Gasteiger partial charge is 0.158 e. The zero-order chi connectivity index (χ0) is 13.7. The van der Waals surface area contributed by atoms with Gasteiger partial charge in [0.2, 0.25) is 0 Å². The SMILES string of the molecule is CCN1CCOC(c2ncc(CNC(C)C)cn2)C1. The highest BCUT2D eigenvalue weighted by molar-refractivity contribution is 5.07. The van der Waals surface area contributed by atoms with Gasteiger partial charge in [-0.25, -0.2) is 9.97 Å². The van der Waals surface area contributed by atoms with Crippen LogP contribution in [0.4, 0.5) is 0 Å². The van der Waals surface area contributed by atoms with Gasteiger partial charge in [0.05, 0.1) is 6.61 Å². The molecule has 5 nitrogen and oxygen atoms in total. The third-order valence-corrected chi connectivity index (χ3v) is 3.33. The third-order valence-electron chi connectivity index (χ3n) is 3.33. The predicted octanol–water partition coefficient (Wildman–Crippen LogP) is 1.37. The lowest BCUT2D eigenvalue weighted by Gasteiger charge is -2.31. The van der Waals surface area contributed by atoms with Gasteiger partial charge in [-0.1, -0.05) is 20.8 Å². The second-order valence-corrected chi connectivity index (χ2v) is 5.24. The van der Waals surface area contributed by atoms with Gasteiger partial charge in [0.1, 0.15) is 6.10 Å². The molecule has 1 aromatic heterocycles. The predicted molar refractivity (Wildman–Crippen MR) is 74.8 cm³/mol. The molecule has 106 valence electrons. The van der Waals surface area contributed by atoms with Crippen LogP contribution in [0.3, 0.4) is 0 Å². The van der Waals surface area contributed by atoms with Gasteiger partial charge in [-0.05, 0) is 6.54 Å². The maximum Gasteiger partial charge on any atom is 0.158 e. The Balaban J connectivity index is 1.93. The molecule has 0 bridgehead atoms. The fourth-order valence-corrected chi connectivity index (χ4v) is 2.09. The summed E-state index contributed by atoms with van der Waals surface area (Å²) >= 11 is 0. The van der Waals surface area contributed by atoms with Crippen molar-refractivity contribution in [2.75, 3.05) is 26.2 Å². The van der Waals surface area contributed by atoms with Crippen LogP contribution in [0.1, 0.15) is 38.3 Å². The first-order valence-corrected chi connectivity index (χ1v) is 7.07. The molecule has 1 unspecified atom stereocenters. The van der Waals surface area contributed by atoms with E-state index in [-0.39, 0.29) is 6.10 Å². The molecular formula is C14H24N4O. The number of nitrogens with zero attached hydrogens (tertiary/aromatic N) is 3. The Kier molecular flexibility index (Phi) is 5.24. The second kappa shape index (κ2) is 6.93. The molecule has 0 radical (unpaired) electrons. The van der Waals surface area contributed by atoms with E-state index in [1.807, 2.05) is 12.4 Å². The molecular weight excluding hydrogens is 240 g/mol. The number of hydrogen-bond donors (Lipinski definition) is 1. The molecule has 0 aromatic carbocycles. The molecule has 1 fully saturated rings. The van der Waals surface area contributed by atoms with E-state index >= 15 is 0 Å². The zero-order valence-corrected chi connectivity index (χ0v) is 12.1. The Morgan fingerprint density at radius 2 is 2.16 bits per heavy atom. The van der Waals surface area contributed by atoms with Crippen LogP contribution in [0.5, 0.6) is 0 Å². The molecule has 2 heterocycles. The zero-order valence-electron chi connectivity index (χ0n) is 12.1. The van der Waals surface area contributed by atoms with Gasteiger partial charge in [0.25, 0.3) is 0 Å². The number of morpholine rings is 1. The summed E-state index contributed by atoms with van der Waals surface area (Å²) in [6.07, 6.45) is 3.80. The van der Waals surface area contributed by atoms with Crippen LogP contribution >= 0.6 is 0 Å². The molecule has 1 atom stereocenters. The summed E-state index contributed by atoms with van der Waals surface area (Å²) in [6.45, 7) is 10.9. The van der Waals surface area contributed by atoms with E-state index in [1.165, 1.54) is 0 Å². The Morgan fingerprint density at radius 1 is 1.42 bits per heavy atom. The van der Waals surface area contributed by atoms with E-state index in [2.05, 4.69) is 41.0 Å². The Labute approximate surface area is 115 Å². The first-order valence-electron chi connectivity index (χ1n) is 7.07. The van der Waals surface area contributed by atoms with Crippen molar-refractivity contribution < 1.29 is 4.74 Å². The van der Waals surface area contributed by atoms with Crippen molar-refractivity contribution in [3.8, 4) is 0 Å². The topological polar surface area (TPSA) is 50.3 Å². The summed E-state index contributed by atoms with van der Waals surface area (Å²) in [5.41, 5.74) is 1.11. The van der Waals surface area contributed by atoms with E-state index < -0.39 is 0 Å². The summed E-state index contributed by atoms with van der Waals surface area (Å²) in [4.78, 5) is 11.3. The molecule has 1 saturated heterocycles. The normalized spacial score (nSPS) is 20.9. The largest absolute Gasteiger partial charge is 0.368 e. The summed E-state index contributed by atoms with van der Waals surface area (Å²) in [6, 6.07) is 0.472. The average molecular weight is 264 g/mol. The molecule has 0 amide bonds. The van der Waals surface area contributed by atoms with Crippen molar-refractivity contribution in [3.63, 3.8) is 0 Å². The van der Waals surface area contributed by atoms with Gasteiger partial charge >= 0.3 is 0 Å². The van der Waals surface area contributed by atoms with E-state index in [4.69, 9.17) is 4.74 Å². The lowest BCUT2D eigenvalue weighted by Crippen LogP contribution is -2.38. The highest BCUT2D eigenvalue weighted by atomic mass is 16.5. The number of rotatable bonds is 5. The van der Waals surface area contributed by atoms with Gasteiger partial charge in [0.15, 0.2) is 5.82 Å². The highest BCUT2D eigenvalue weighted by Crippen LogP contribution is 2.18. The van der Waals surface area contributed by atoms with Crippen molar-refractivity contribution in [2.24, 2.45) is 0 Å². The van der Waals surface area contributed by atoms with Crippen molar-refractivity contribution in [3.05, 3.63) is 23.8 Å². The van der Waals surface area contributed by atoms with E-state index in [1.54, 1.807) is 0 Å². The fraction of sp³-hybridized carbons (Fsp3) is 0.714. The summed E-state index contributed by atoms with van der Waals surface area (Å²) in [5.74, 6) is 0.798. The first kappa shape index (κ1) is 14.4. The fourth-order valence-electron chi connectivity index (χ4n) is 2.09. The minimum absolute atomic E-state index is 0.0146. The molecule has 5 heteroatoms. The molecule has 1 aliphatic rings. The van der Waals surface area contributed by atoms with Gasteiger partial charge in [0, 0.05) is 43.6 Å². The summed E-state index contributed by atoms with van der Waals surface area (Å²) in [5, 5.41) is 3.36. The summed E-state index contributed by atoms with van der Waals surface area (Å²) < 4.78 is 5.75. The number of ether oxygens (including phenoxy) is 1. The first-order chi connectivity index (χ1) is 9.19. The van der Waals surface area contributed by atoms with E-state index in [9.17, 15) is 0 Å². The maximum absolute atomic E-state index is 5.75. The van der Waals surface area contributed by atoms with Gasteiger partial charge in [-0.3, -0.25) is 4.90 Å². The average Bonchev–Trinajstić information content (AvgIpc) is 2.45. The molecule has 19 heavy (non-hydrogen) atoms. The Hall–Kier alpha value is -1.04. The molecule has 1 aliphatic heterocycles. The minimum Gasteiger partial charge on any atom is -0.368 e. The van der Waals surface area contributed by atoms with Gasteiger partial charge < -0.3 is 10.1 Å². The van der Waals surface area contributed by atoms with Gasteiger partial charge in [-0.2, -0.15) is 0 Å². The number of hydrogen-bond acceptors (Lipinski definition) is 5. The maximum atomic E-state index is 5.75. The third kappa shape index (κ3) is 4.23. The quantitative estimate of drug-likeness (QED) is 0.870. The second-order valence-electron chi connectivity index (χ2n) is 5.24. The van der Waals surface area contributed by atoms with Crippen LogP contribution in [0.25, 0.3) is 0 Å². The Morgan fingerprint density at radius 3 is 2.79 bits per heavy atom. The van der Waals surface area contributed by atoms with Crippen LogP contribution in [-0.2, 0) is 11.3 Å². The van der Waals surface area contributed by atoms with Crippen molar-refractivity contribution in [1.82, 2.24) is 20.2 Å². The van der Waals surface area contributed by atoms with Crippen molar-refractivity contribution in [2.45, 2.75) is 39.5 Å². The van der Waals surface area contributed by atoms with Crippen LogP contribution < -0.4 is 5.32 Å². The standard InChI is InChI=1S/C14H24N4O/c1-4-18-5-6-19-13(10-18)14-16-8-12(9-17-14)7-15-11(2)3/h8-9,11,13,15H,4-7,10H2,1-3H3. The van der Waals surface area contributed by atoms with Crippen molar-refractivity contribution >= 4 is 0 Å². The monoisotopic (exact) mass is 264 g/mol. The number of likely N-dealkylation sites (N-methyl/N-ethyl adjacent to an activating group) is 1. The molecule has 1 aromatic rings. The lowest BCUT2D eigenvalue weighted by molar-refractivity contribution is -0.0326. The minimum atomic E-state index is 0.0146. The molecule has 1 N–H and O–H groups in total. The van der Waals surface area contributed by atoms with E-state index in [0.29, 0.717) is 6.04 Å². The van der Waals surface area contributed by atoms with Crippen LogP contribution in [0.15, 0.2) is 12.4 Å². The van der Waals surface area contributed by atoms with Gasteiger partial charge in [-0.15, -0.1) is 0 Å². The highest BCUT2D eigenvalue weighted by Gasteiger charge is 2.22. The van der Waals surface area contributed by atoms with Crippen LogP contribution in [-0.4, -0.2) is 47.2 Å². The van der Waals surface area contributed by atoms with Crippen LogP contribution in [0.2, 0.25) is 0 Å². The van der Waals surface area contributed by atoms with E-state index in [0.717, 1.165) is 44.2 Å². The number of nitrogens with one attached hydrogen (secondary N) is 1.